The zero-order valence-electron chi connectivity index (χ0n) is 13.3. The number of ketones is 1. The number of nitrogens with one attached hydrogen (secondary N) is 1. The minimum Gasteiger partial charge on any atom is -0.461 e. The Labute approximate surface area is 134 Å². The van der Waals surface area contributed by atoms with Crippen LogP contribution in [0.15, 0.2) is 36.5 Å². The van der Waals surface area contributed by atoms with Crippen molar-refractivity contribution in [3.8, 4) is 5.69 Å². The van der Waals surface area contributed by atoms with Gasteiger partial charge < -0.3 is 14.6 Å². The standard InChI is InChI=1S/C17H18N2O4/c1-4-23-17(22)16-15(18-12(3)21)9-10-19(16)14-7-5-13(6-8-14)11(2)20/h5-10H,4H2,1-3H3,(H,18,21). The van der Waals surface area contributed by atoms with E-state index in [4.69, 9.17) is 4.74 Å². The van der Waals surface area contributed by atoms with Crippen molar-refractivity contribution in [1.29, 1.82) is 0 Å². The van der Waals surface area contributed by atoms with Gasteiger partial charge in [0.25, 0.3) is 0 Å². The lowest BCUT2D eigenvalue weighted by atomic mass is 10.1. The summed E-state index contributed by atoms with van der Waals surface area (Å²) >= 11 is 0. The summed E-state index contributed by atoms with van der Waals surface area (Å²) in [5.41, 5.74) is 1.89. The first-order valence-electron chi connectivity index (χ1n) is 7.21. The van der Waals surface area contributed by atoms with Crippen molar-refractivity contribution in [3.05, 3.63) is 47.8 Å². The molecule has 2 rings (SSSR count). The number of nitrogens with zero attached hydrogens (tertiary/aromatic N) is 1. The second kappa shape index (κ2) is 6.91. The van der Waals surface area contributed by atoms with Crippen molar-refractivity contribution < 1.29 is 19.1 Å². The van der Waals surface area contributed by atoms with E-state index in [0.717, 1.165) is 0 Å². The molecule has 120 valence electrons. The largest absolute Gasteiger partial charge is 0.461 e. The van der Waals surface area contributed by atoms with Crippen molar-refractivity contribution in [3.63, 3.8) is 0 Å². The Balaban J connectivity index is 2.48. The van der Waals surface area contributed by atoms with Gasteiger partial charge in [-0.1, -0.05) is 0 Å². The normalized spacial score (nSPS) is 10.2. The molecule has 0 unspecified atom stereocenters. The Hall–Kier alpha value is -2.89. The maximum absolute atomic E-state index is 12.2. The molecule has 1 aromatic heterocycles. The van der Waals surface area contributed by atoms with E-state index in [1.807, 2.05) is 0 Å². The monoisotopic (exact) mass is 314 g/mol. The maximum Gasteiger partial charge on any atom is 0.357 e. The third-order valence-corrected chi connectivity index (χ3v) is 3.22. The van der Waals surface area contributed by atoms with Gasteiger partial charge in [-0.15, -0.1) is 0 Å². The lowest BCUT2D eigenvalue weighted by molar-refractivity contribution is -0.114. The van der Waals surface area contributed by atoms with Crippen LogP contribution in [0.2, 0.25) is 0 Å². The van der Waals surface area contributed by atoms with Crippen LogP contribution in [0.3, 0.4) is 0 Å². The smallest absolute Gasteiger partial charge is 0.357 e. The van der Waals surface area contributed by atoms with Crippen LogP contribution in [0.5, 0.6) is 0 Å². The molecule has 1 heterocycles. The van der Waals surface area contributed by atoms with E-state index < -0.39 is 5.97 Å². The zero-order valence-corrected chi connectivity index (χ0v) is 13.3. The van der Waals surface area contributed by atoms with E-state index in [0.29, 0.717) is 16.9 Å². The first-order chi connectivity index (χ1) is 10.9. The first-order valence-corrected chi connectivity index (χ1v) is 7.21. The second-order valence-corrected chi connectivity index (χ2v) is 4.95. The number of hydrogen-bond donors (Lipinski definition) is 1. The summed E-state index contributed by atoms with van der Waals surface area (Å²) in [6.07, 6.45) is 1.67. The number of amides is 1. The molecule has 0 saturated carbocycles. The number of aromatic nitrogens is 1. The molecule has 1 amide bonds. The topological polar surface area (TPSA) is 77.4 Å². The number of carbonyl (C=O) groups excluding carboxylic acids is 3. The van der Waals surface area contributed by atoms with E-state index in [-0.39, 0.29) is 24.0 Å². The molecule has 1 N–H and O–H groups in total. The predicted octanol–water partition coefficient (Wildman–Crippen LogP) is 2.82. The molecule has 0 atom stereocenters. The molecular formula is C17H18N2O4. The molecule has 0 aliphatic rings. The van der Waals surface area contributed by atoms with E-state index >= 15 is 0 Å². The Kier molecular flexibility index (Phi) is 4.95. The van der Waals surface area contributed by atoms with Gasteiger partial charge in [-0.05, 0) is 44.2 Å². The first kappa shape index (κ1) is 16.5. The Morgan fingerprint density at radius 1 is 1.09 bits per heavy atom. The number of carbonyl (C=O) groups is 3. The third-order valence-electron chi connectivity index (χ3n) is 3.22. The number of rotatable bonds is 5. The van der Waals surface area contributed by atoms with Gasteiger partial charge in [0.1, 0.15) is 0 Å². The highest BCUT2D eigenvalue weighted by Crippen LogP contribution is 2.23. The average Bonchev–Trinajstić information content (AvgIpc) is 2.90. The van der Waals surface area contributed by atoms with Crippen molar-refractivity contribution >= 4 is 23.3 Å². The van der Waals surface area contributed by atoms with Crippen LogP contribution in [-0.4, -0.2) is 28.8 Å². The summed E-state index contributed by atoms with van der Waals surface area (Å²) in [5, 5.41) is 2.62. The van der Waals surface area contributed by atoms with E-state index in [2.05, 4.69) is 5.32 Å². The number of anilines is 1. The molecule has 0 bridgehead atoms. The minimum absolute atomic E-state index is 0.0337. The quantitative estimate of drug-likeness (QED) is 0.680. The molecule has 0 radical (unpaired) electrons. The highest BCUT2D eigenvalue weighted by atomic mass is 16.5. The van der Waals surface area contributed by atoms with Crippen molar-refractivity contribution in [1.82, 2.24) is 4.57 Å². The Bertz CT molecular complexity index is 744. The van der Waals surface area contributed by atoms with Crippen LogP contribution in [0.25, 0.3) is 5.69 Å². The van der Waals surface area contributed by atoms with Crippen LogP contribution in [0.1, 0.15) is 41.6 Å². The van der Waals surface area contributed by atoms with Gasteiger partial charge >= 0.3 is 5.97 Å². The van der Waals surface area contributed by atoms with Gasteiger partial charge in [-0.25, -0.2) is 4.79 Å². The van der Waals surface area contributed by atoms with Crippen molar-refractivity contribution in [2.24, 2.45) is 0 Å². The number of Topliss-reactive ketones (excluding diaryl/α,β-unsaturated/α-hetero) is 1. The summed E-state index contributed by atoms with van der Waals surface area (Å²) in [5.74, 6) is -0.842. The molecule has 1 aromatic carbocycles. The molecule has 0 spiro atoms. The predicted molar refractivity (Wildman–Crippen MR) is 86.0 cm³/mol. The van der Waals surface area contributed by atoms with Crippen LogP contribution in [0.4, 0.5) is 5.69 Å². The summed E-state index contributed by atoms with van der Waals surface area (Å²) < 4.78 is 6.69. The maximum atomic E-state index is 12.2. The molecule has 0 saturated heterocycles. The molecule has 0 aliphatic carbocycles. The molecular weight excluding hydrogens is 296 g/mol. The van der Waals surface area contributed by atoms with Gasteiger partial charge in [0.2, 0.25) is 5.91 Å². The van der Waals surface area contributed by atoms with E-state index in [1.54, 1.807) is 48.0 Å². The van der Waals surface area contributed by atoms with Gasteiger partial charge in [0, 0.05) is 24.4 Å². The lowest BCUT2D eigenvalue weighted by Crippen LogP contribution is -2.15. The SMILES string of the molecule is CCOC(=O)c1c(NC(C)=O)ccn1-c1ccc(C(C)=O)cc1. The highest BCUT2D eigenvalue weighted by Gasteiger charge is 2.20. The summed E-state index contributed by atoms with van der Waals surface area (Å²) in [6.45, 7) is 4.80. The van der Waals surface area contributed by atoms with Crippen molar-refractivity contribution in [2.45, 2.75) is 20.8 Å². The fraction of sp³-hybridized carbons (Fsp3) is 0.235. The third kappa shape index (κ3) is 3.66. The molecule has 23 heavy (non-hydrogen) atoms. The Morgan fingerprint density at radius 3 is 2.26 bits per heavy atom. The van der Waals surface area contributed by atoms with Crippen LogP contribution in [0, 0.1) is 0 Å². The fourth-order valence-electron chi connectivity index (χ4n) is 2.20. The van der Waals surface area contributed by atoms with Gasteiger partial charge in [0.05, 0.1) is 12.3 Å². The fourth-order valence-corrected chi connectivity index (χ4v) is 2.20. The molecule has 6 nitrogen and oxygen atoms in total. The number of esters is 1. The molecule has 0 aliphatic heterocycles. The Morgan fingerprint density at radius 2 is 1.74 bits per heavy atom. The number of ether oxygens (including phenoxy) is 1. The number of benzene rings is 1. The van der Waals surface area contributed by atoms with Gasteiger partial charge in [-0.2, -0.15) is 0 Å². The van der Waals surface area contributed by atoms with Crippen molar-refractivity contribution in [2.75, 3.05) is 11.9 Å². The highest BCUT2D eigenvalue weighted by molar-refractivity contribution is 6.00. The van der Waals surface area contributed by atoms with Gasteiger partial charge in [0.15, 0.2) is 11.5 Å². The van der Waals surface area contributed by atoms with E-state index in [9.17, 15) is 14.4 Å². The minimum atomic E-state index is -0.531. The zero-order chi connectivity index (χ0) is 17.0. The number of hydrogen-bond acceptors (Lipinski definition) is 4. The van der Waals surface area contributed by atoms with E-state index in [1.165, 1.54) is 13.8 Å². The molecule has 2 aromatic rings. The summed E-state index contributed by atoms with van der Waals surface area (Å²) in [7, 11) is 0. The summed E-state index contributed by atoms with van der Waals surface area (Å²) in [4.78, 5) is 34.9. The summed E-state index contributed by atoms with van der Waals surface area (Å²) in [6, 6.07) is 8.47. The lowest BCUT2D eigenvalue weighted by Gasteiger charge is -2.11. The van der Waals surface area contributed by atoms with Crippen LogP contribution in [-0.2, 0) is 9.53 Å². The van der Waals surface area contributed by atoms with Crippen LogP contribution < -0.4 is 5.32 Å². The average molecular weight is 314 g/mol. The second-order valence-electron chi connectivity index (χ2n) is 4.95. The van der Waals surface area contributed by atoms with Gasteiger partial charge in [-0.3, -0.25) is 9.59 Å². The molecule has 0 fully saturated rings. The molecule has 6 heteroatoms. The van der Waals surface area contributed by atoms with Crippen LogP contribution >= 0.6 is 0 Å².